The van der Waals surface area contributed by atoms with Crippen molar-refractivity contribution in [2.45, 2.75) is 38.1 Å². The van der Waals surface area contributed by atoms with Crippen molar-refractivity contribution < 1.29 is 18.4 Å². The van der Waals surface area contributed by atoms with Gasteiger partial charge in [0.2, 0.25) is 5.91 Å². The highest BCUT2D eigenvalue weighted by Crippen LogP contribution is 2.24. The quantitative estimate of drug-likeness (QED) is 0.812. The van der Waals surface area contributed by atoms with Crippen LogP contribution in [-0.4, -0.2) is 42.3 Å². The Morgan fingerprint density at radius 3 is 2.50 bits per heavy atom. The van der Waals surface area contributed by atoms with Crippen molar-refractivity contribution in [2.24, 2.45) is 5.92 Å². The second kappa shape index (κ2) is 7.38. The first-order valence-electron chi connectivity index (χ1n) is 8.54. The molecule has 6 heteroatoms. The first-order chi connectivity index (χ1) is 11.5. The smallest absolute Gasteiger partial charge is 0.221 e. The number of hydrogen-bond donors (Lipinski definition) is 1. The van der Waals surface area contributed by atoms with Gasteiger partial charge >= 0.3 is 0 Å². The maximum absolute atomic E-state index is 13.7. The third-order valence-corrected chi connectivity index (χ3v) is 4.75. The molecule has 1 aliphatic carbocycles. The van der Waals surface area contributed by atoms with Crippen molar-refractivity contribution in [1.29, 1.82) is 0 Å². The van der Waals surface area contributed by atoms with Gasteiger partial charge in [0.15, 0.2) is 5.78 Å². The molecule has 2 fully saturated rings. The SMILES string of the molecule is O=C(CCN1CCC(C(=O)c2cc(F)ccc2F)CC1)NC1CC1. The summed E-state index contributed by atoms with van der Waals surface area (Å²) in [7, 11) is 0. The summed E-state index contributed by atoms with van der Waals surface area (Å²) in [6.07, 6.45) is 3.84. The van der Waals surface area contributed by atoms with Gasteiger partial charge in [-0.2, -0.15) is 0 Å². The number of rotatable bonds is 6. The van der Waals surface area contributed by atoms with E-state index in [1.54, 1.807) is 0 Å². The van der Waals surface area contributed by atoms with Crippen molar-refractivity contribution in [1.82, 2.24) is 10.2 Å². The number of nitrogens with one attached hydrogen (secondary N) is 1. The molecule has 1 aromatic rings. The van der Waals surface area contributed by atoms with E-state index in [2.05, 4.69) is 10.2 Å². The molecule has 3 rings (SSSR count). The number of likely N-dealkylation sites (tertiary alicyclic amines) is 1. The van der Waals surface area contributed by atoms with Crippen LogP contribution in [0, 0.1) is 17.6 Å². The molecule has 1 saturated heterocycles. The minimum absolute atomic E-state index is 0.0810. The molecule has 0 bridgehead atoms. The number of nitrogens with zero attached hydrogens (tertiary/aromatic N) is 1. The normalized spacial score (nSPS) is 19.2. The number of ketones is 1. The Bertz CT molecular complexity index is 623. The molecule has 2 aliphatic rings. The number of carbonyl (C=O) groups is 2. The molecule has 130 valence electrons. The zero-order chi connectivity index (χ0) is 17.1. The van der Waals surface area contributed by atoms with Crippen LogP contribution >= 0.6 is 0 Å². The van der Waals surface area contributed by atoms with Crippen LogP contribution in [-0.2, 0) is 4.79 Å². The van der Waals surface area contributed by atoms with Gasteiger partial charge in [-0.15, -0.1) is 0 Å². The van der Waals surface area contributed by atoms with Crippen LogP contribution in [0.25, 0.3) is 0 Å². The highest BCUT2D eigenvalue weighted by Gasteiger charge is 2.28. The Morgan fingerprint density at radius 1 is 1.12 bits per heavy atom. The van der Waals surface area contributed by atoms with E-state index in [0.29, 0.717) is 44.9 Å². The van der Waals surface area contributed by atoms with Crippen molar-refractivity contribution in [3.63, 3.8) is 0 Å². The van der Waals surface area contributed by atoms with Gasteiger partial charge in [-0.1, -0.05) is 0 Å². The van der Waals surface area contributed by atoms with Crippen LogP contribution in [0.3, 0.4) is 0 Å². The molecule has 1 N–H and O–H groups in total. The maximum atomic E-state index is 13.7. The van der Waals surface area contributed by atoms with E-state index >= 15 is 0 Å². The molecule has 0 unspecified atom stereocenters. The highest BCUT2D eigenvalue weighted by molar-refractivity contribution is 5.98. The Balaban J connectivity index is 1.46. The zero-order valence-electron chi connectivity index (χ0n) is 13.6. The summed E-state index contributed by atoms with van der Waals surface area (Å²) in [5.74, 6) is -1.78. The number of Topliss-reactive ketones (excluding diaryl/α,β-unsaturated/α-hetero) is 1. The Morgan fingerprint density at radius 2 is 1.83 bits per heavy atom. The maximum Gasteiger partial charge on any atom is 0.221 e. The molecule has 1 aromatic carbocycles. The van der Waals surface area contributed by atoms with Gasteiger partial charge in [0.05, 0.1) is 5.56 Å². The van der Waals surface area contributed by atoms with Gasteiger partial charge < -0.3 is 10.2 Å². The van der Waals surface area contributed by atoms with Crippen LogP contribution in [0.15, 0.2) is 18.2 Å². The molecular weight excluding hydrogens is 314 g/mol. The third kappa shape index (κ3) is 4.38. The predicted molar refractivity (Wildman–Crippen MR) is 85.6 cm³/mol. The predicted octanol–water partition coefficient (Wildman–Crippen LogP) is 2.53. The first-order valence-corrected chi connectivity index (χ1v) is 8.54. The molecular formula is C18H22F2N2O2. The van der Waals surface area contributed by atoms with E-state index in [1.807, 2.05) is 0 Å². The van der Waals surface area contributed by atoms with E-state index in [1.165, 1.54) is 0 Å². The van der Waals surface area contributed by atoms with Gasteiger partial charge in [-0.05, 0) is 57.0 Å². The fraction of sp³-hybridized carbons (Fsp3) is 0.556. The summed E-state index contributed by atoms with van der Waals surface area (Å²) in [5.41, 5.74) is -0.155. The van der Waals surface area contributed by atoms with Gasteiger partial charge in [0.25, 0.3) is 0 Å². The molecule has 0 atom stereocenters. The Labute approximate surface area is 140 Å². The van der Waals surface area contributed by atoms with Crippen molar-refractivity contribution in [3.05, 3.63) is 35.4 Å². The number of halogens is 2. The molecule has 0 radical (unpaired) electrons. The molecule has 1 saturated carbocycles. The summed E-state index contributed by atoms with van der Waals surface area (Å²) in [5, 5.41) is 2.96. The van der Waals surface area contributed by atoms with Crippen LogP contribution in [0.1, 0.15) is 42.5 Å². The van der Waals surface area contributed by atoms with Gasteiger partial charge in [0.1, 0.15) is 11.6 Å². The molecule has 1 heterocycles. The summed E-state index contributed by atoms with van der Waals surface area (Å²) < 4.78 is 27.0. The fourth-order valence-electron chi connectivity index (χ4n) is 3.11. The van der Waals surface area contributed by atoms with Crippen LogP contribution in [0.2, 0.25) is 0 Å². The highest BCUT2D eigenvalue weighted by atomic mass is 19.1. The summed E-state index contributed by atoms with van der Waals surface area (Å²) in [6.45, 7) is 2.07. The molecule has 1 amide bonds. The third-order valence-electron chi connectivity index (χ3n) is 4.75. The number of carbonyl (C=O) groups excluding carboxylic acids is 2. The van der Waals surface area contributed by atoms with E-state index in [-0.39, 0.29) is 23.2 Å². The monoisotopic (exact) mass is 336 g/mol. The largest absolute Gasteiger partial charge is 0.353 e. The minimum atomic E-state index is -0.666. The second-order valence-electron chi connectivity index (χ2n) is 6.70. The Kier molecular flexibility index (Phi) is 5.23. The van der Waals surface area contributed by atoms with E-state index in [9.17, 15) is 18.4 Å². The molecule has 0 spiro atoms. The van der Waals surface area contributed by atoms with Gasteiger partial charge in [-0.3, -0.25) is 9.59 Å². The van der Waals surface area contributed by atoms with Crippen molar-refractivity contribution in [2.75, 3.05) is 19.6 Å². The van der Waals surface area contributed by atoms with Crippen LogP contribution in [0.4, 0.5) is 8.78 Å². The van der Waals surface area contributed by atoms with Crippen molar-refractivity contribution in [3.8, 4) is 0 Å². The van der Waals surface area contributed by atoms with Gasteiger partial charge in [0, 0.05) is 24.9 Å². The number of piperidine rings is 1. The number of benzene rings is 1. The average molecular weight is 336 g/mol. The lowest BCUT2D eigenvalue weighted by molar-refractivity contribution is -0.121. The minimum Gasteiger partial charge on any atom is -0.353 e. The first kappa shape index (κ1) is 17.0. The second-order valence-corrected chi connectivity index (χ2v) is 6.70. The lowest BCUT2D eigenvalue weighted by Gasteiger charge is -2.31. The van der Waals surface area contributed by atoms with E-state index in [4.69, 9.17) is 0 Å². The number of amides is 1. The molecule has 24 heavy (non-hydrogen) atoms. The molecule has 1 aliphatic heterocycles. The summed E-state index contributed by atoms with van der Waals surface area (Å²) >= 11 is 0. The van der Waals surface area contributed by atoms with E-state index < -0.39 is 11.6 Å². The lowest BCUT2D eigenvalue weighted by Crippen LogP contribution is -2.39. The lowest BCUT2D eigenvalue weighted by atomic mass is 9.88. The van der Waals surface area contributed by atoms with Gasteiger partial charge in [-0.25, -0.2) is 8.78 Å². The van der Waals surface area contributed by atoms with Crippen LogP contribution < -0.4 is 5.32 Å². The molecule has 0 aromatic heterocycles. The van der Waals surface area contributed by atoms with Crippen LogP contribution in [0.5, 0.6) is 0 Å². The standard InChI is InChI=1S/C18H22F2N2O2/c19-13-1-4-16(20)15(11-13)18(24)12-5-8-22(9-6-12)10-7-17(23)21-14-2-3-14/h1,4,11-12,14H,2-3,5-10H2,(H,21,23). The summed E-state index contributed by atoms with van der Waals surface area (Å²) in [6, 6.07) is 3.37. The topological polar surface area (TPSA) is 49.4 Å². The summed E-state index contributed by atoms with van der Waals surface area (Å²) in [4.78, 5) is 26.2. The molecule has 4 nitrogen and oxygen atoms in total. The zero-order valence-corrected chi connectivity index (χ0v) is 13.6. The fourth-order valence-corrected chi connectivity index (χ4v) is 3.11. The van der Waals surface area contributed by atoms with Crippen molar-refractivity contribution >= 4 is 11.7 Å². The van der Waals surface area contributed by atoms with E-state index in [0.717, 1.165) is 31.0 Å². The number of hydrogen-bond acceptors (Lipinski definition) is 3. The average Bonchev–Trinajstić information content (AvgIpc) is 3.39. The Hall–Kier alpha value is -1.82.